The summed E-state index contributed by atoms with van der Waals surface area (Å²) < 4.78 is 5.72. The first kappa shape index (κ1) is 11.0. The van der Waals surface area contributed by atoms with Crippen molar-refractivity contribution in [3.63, 3.8) is 0 Å². The molecule has 0 atom stereocenters. The van der Waals surface area contributed by atoms with Crippen LogP contribution in [-0.2, 0) is 0 Å². The highest BCUT2D eigenvalue weighted by Gasteiger charge is 2.22. The zero-order valence-electron chi connectivity index (χ0n) is 9.80. The molecule has 1 aromatic carbocycles. The van der Waals surface area contributed by atoms with Gasteiger partial charge in [0.25, 0.3) is 0 Å². The highest BCUT2D eigenvalue weighted by Crippen LogP contribution is 2.32. The van der Waals surface area contributed by atoms with E-state index in [0.717, 1.165) is 0 Å². The smallest absolute Gasteiger partial charge is 0.336 e. The summed E-state index contributed by atoms with van der Waals surface area (Å²) in [6.07, 6.45) is 4.09. The highest BCUT2D eigenvalue weighted by molar-refractivity contribution is 6.04. The maximum Gasteiger partial charge on any atom is 0.336 e. The van der Waals surface area contributed by atoms with E-state index in [1.807, 2.05) is 0 Å². The number of hydrogen-bond donors (Lipinski definition) is 1. The van der Waals surface area contributed by atoms with Crippen LogP contribution in [0, 0.1) is 5.92 Å². The molecule has 2 aromatic rings. The van der Waals surface area contributed by atoms with Gasteiger partial charge >= 0.3 is 5.97 Å². The molecule has 1 aliphatic rings. The van der Waals surface area contributed by atoms with E-state index in [1.165, 1.54) is 12.8 Å². The van der Waals surface area contributed by atoms with Gasteiger partial charge in [-0.05, 0) is 37.0 Å². The van der Waals surface area contributed by atoms with Crippen LogP contribution in [0.15, 0.2) is 30.5 Å². The van der Waals surface area contributed by atoms with Crippen LogP contribution in [0.5, 0.6) is 5.75 Å². The fourth-order valence-corrected chi connectivity index (χ4v) is 1.94. The zero-order chi connectivity index (χ0) is 12.5. The number of rotatable bonds is 4. The van der Waals surface area contributed by atoms with Gasteiger partial charge in [0.2, 0.25) is 0 Å². The quantitative estimate of drug-likeness (QED) is 0.896. The number of hydrogen-bond acceptors (Lipinski definition) is 3. The third-order valence-corrected chi connectivity index (χ3v) is 3.13. The van der Waals surface area contributed by atoms with Gasteiger partial charge in [0.05, 0.1) is 12.2 Å². The van der Waals surface area contributed by atoms with E-state index >= 15 is 0 Å². The van der Waals surface area contributed by atoms with E-state index in [2.05, 4.69) is 4.98 Å². The van der Waals surface area contributed by atoms with Crippen LogP contribution in [0.2, 0.25) is 0 Å². The molecular weight excluding hydrogens is 230 g/mol. The molecule has 1 heterocycles. The molecule has 0 unspecified atom stereocenters. The summed E-state index contributed by atoms with van der Waals surface area (Å²) in [5, 5.41) is 9.76. The van der Waals surface area contributed by atoms with Gasteiger partial charge in [0.1, 0.15) is 11.3 Å². The van der Waals surface area contributed by atoms with Crippen LogP contribution in [-0.4, -0.2) is 22.7 Å². The highest BCUT2D eigenvalue weighted by atomic mass is 16.5. The first-order valence-corrected chi connectivity index (χ1v) is 5.99. The minimum Gasteiger partial charge on any atom is -0.491 e. The summed E-state index contributed by atoms with van der Waals surface area (Å²) in [7, 11) is 0. The molecule has 0 aliphatic heterocycles. The van der Waals surface area contributed by atoms with Gasteiger partial charge in [-0.2, -0.15) is 0 Å². The number of ether oxygens (including phenoxy) is 1. The predicted octanol–water partition coefficient (Wildman–Crippen LogP) is 2.72. The van der Waals surface area contributed by atoms with Crippen LogP contribution in [0.25, 0.3) is 10.9 Å². The Bertz CT molecular complexity index is 605. The number of benzene rings is 1. The van der Waals surface area contributed by atoms with Crippen molar-refractivity contribution in [2.24, 2.45) is 5.92 Å². The standard InChI is InChI=1S/C14H13NO3/c16-14(17)11-5-6-12(18-8-9-3-4-9)13-10(11)2-1-7-15-13/h1-2,5-7,9H,3-4,8H2,(H,16,17). The average molecular weight is 243 g/mol. The second-order valence-corrected chi connectivity index (χ2v) is 4.57. The SMILES string of the molecule is O=C(O)c1ccc(OCC2CC2)c2ncccc12. The number of carboxylic acids is 1. The molecule has 92 valence electrons. The molecule has 1 aliphatic carbocycles. The number of aromatic carboxylic acids is 1. The summed E-state index contributed by atoms with van der Waals surface area (Å²) >= 11 is 0. The van der Waals surface area contributed by atoms with Crippen LogP contribution in [0.4, 0.5) is 0 Å². The molecule has 0 saturated heterocycles. The Kier molecular flexibility index (Phi) is 2.63. The monoisotopic (exact) mass is 243 g/mol. The summed E-state index contributed by atoms with van der Waals surface area (Å²) in [4.78, 5) is 15.4. The van der Waals surface area contributed by atoms with Crippen molar-refractivity contribution in [3.8, 4) is 5.75 Å². The Labute approximate surface area is 104 Å². The van der Waals surface area contributed by atoms with Crippen molar-refractivity contribution >= 4 is 16.9 Å². The maximum absolute atomic E-state index is 11.1. The molecule has 0 bridgehead atoms. The lowest BCUT2D eigenvalue weighted by molar-refractivity contribution is 0.0699. The Hall–Kier alpha value is -2.10. The lowest BCUT2D eigenvalue weighted by Crippen LogP contribution is -2.03. The Morgan fingerprint density at radius 1 is 1.39 bits per heavy atom. The van der Waals surface area contributed by atoms with Crippen LogP contribution in [0.1, 0.15) is 23.2 Å². The van der Waals surface area contributed by atoms with Gasteiger partial charge in [-0.15, -0.1) is 0 Å². The number of nitrogens with zero attached hydrogens (tertiary/aromatic N) is 1. The minimum absolute atomic E-state index is 0.261. The van der Waals surface area contributed by atoms with E-state index in [9.17, 15) is 4.79 Å². The summed E-state index contributed by atoms with van der Waals surface area (Å²) in [6.45, 7) is 0.693. The van der Waals surface area contributed by atoms with E-state index in [-0.39, 0.29) is 5.56 Å². The summed E-state index contributed by atoms with van der Waals surface area (Å²) in [6, 6.07) is 6.77. The number of carboxylic acid groups (broad SMARTS) is 1. The Balaban J connectivity index is 2.04. The molecule has 1 aromatic heterocycles. The summed E-state index contributed by atoms with van der Waals surface area (Å²) in [5.41, 5.74) is 0.884. The third kappa shape index (κ3) is 2.01. The number of pyridine rings is 1. The van der Waals surface area contributed by atoms with Gasteiger partial charge in [0.15, 0.2) is 0 Å². The number of carbonyl (C=O) groups is 1. The first-order valence-electron chi connectivity index (χ1n) is 5.99. The first-order chi connectivity index (χ1) is 8.75. The Morgan fingerprint density at radius 2 is 2.22 bits per heavy atom. The van der Waals surface area contributed by atoms with Crippen molar-refractivity contribution in [1.82, 2.24) is 4.98 Å². The van der Waals surface area contributed by atoms with Crippen molar-refractivity contribution in [2.45, 2.75) is 12.8 Å². The van der Waals surface area contributed by atoms with Crippen LogP contribution >= 0.6 is 0 Å². The van der Waals surface area contributed by atoms with Gasteiger partial charge in [0, 0.05) is 11.6 Å². The second-order valence-electron chi connectivity index (χ2n) is 4.57. The van der Waals surface area contributed by atoms with E-state index in [1.54, 1.807) is 30.5 Å². The van der Waals surface area contributed by atoms with Crippen LogP contribution in [0.3, 0.4) is 0 Å². The van der Waals surface area contributed by atoms with Gasteiger partial charge in [-0.1, -0.05) is 6.07 Å². The molecule has 1 fully saturated rings. The molecule has 3 rings (SSSR count). The lowest BCUT2D eigenvalue weighted by Gasteiger charge is -2.09. The summed E-state index contributed by atoms with van der Waals surface area (Å²) in [5.74, 6) is 0.382. The van der Waals surface area contributed by atoms with E-state index in [4.69, 9.17) is 9.84 Å². The number of aromatic nitrogens is 1. The average Bonchev–Trinajstić information content (AvgIpc) is 3.19. The van der Waals surface area contributed by atoms with E-state index < -0.39 is 5.97 Å². The lowest BCUT2D eigenvalue weighted by atomic mass is 10.1. The van der Waals surface area contributed by atoms with Gasteiger partial charge in [-0.3, -0.25) is 4.98 Å². The van der Waals surface area contributed by atoms with Crippen molar-refractivity contribution in [1.29, 1.82) is 0 Å². The topological polar surface area (TPSA) is 59.4 Å². The molecule has 1 N–H and O–H groups in total. The molecule has 4 heteroatoms. The van der Waals surface area contributed by atoms with Crippen molar-refractivity contribution < 1.29 is 14.6 Å². The largest absolute Gasteiger partial charge is 0.491 e. The minimum atomic E-state index is -0.943. The molecule has 0 radical (unpaired) electrons. The molecule has 1 saturated carbocycles. The fourth-order valence-electron chi connectivity index (χ4n) is 1.94. The molecule has 0 spiro atoms. The normalized spacial score (nSPS) is 14.7. The number of fused-ring (bicyclic) bond motifs is 1. The second kappa shape index (κ2) is 4.29. The molecule has 4 nitrogen and oxygen atoms in total. The maximum atomic E-state index is 11.1. The van der Waals surface area contributed by atoms with Crippen molar-refractivity contribution in [2.75, 3.05) is 6.61 Å². The van der Waals surface area contributed by atoms with Crippen molar-refractivity contribution in [3.05, 3.63) is 36.0 Å². The third-order valence-electron chi connectivity index (χ3n) is 3.13. The molecular formula is C14H13NO3. The molecule has 18 heavy (non-hydrogen) atoms. The predicted molar refractivity (Wildman–Crippen MR) is 66.9 cm³/mol. The molecule has 0 amide bonds. The van der Waals surface area contributed by atoms with E-state index in [0.29, 0.717) is 29.2 Å². The zero-order valence-corrected chi connectivity index (χ0v) is 9.80. The Morgan fingerprint density at radius 3 is 2.94 bits per heavy atom. The van der Waals surface area contributed by atoms with Gasteiger partial charge < -0.3 is 9.84 Å². The van der Waals surface area contributed by atoms with Crippen LogP contribution < -0.4 is 4.74 Å². The van der Waals surface area contributed by atoms with Gasteiger partial charge in [-0.25, -0.2) is 4.79 Å². The fraction of sp³-hybridized carbons (Fsp3) is 0.286.